The highest BCUT2D eigenvalue weighted by atomic mass is 32.1. The van der Waals surface area contributed by atoms with Crippen molar-refractivity contribution in [2.24, 2.45) is 5.92 Å². The second kappa shape index (κ2) is 4.43. The highest BCUT2D eigenvalue weighted by Crippen LogP contribution is 2.42. The van der Waals surface area contributed by atoms with Crippen molar-refractivity contribution in [2.45, 2.75) is 31.8 Å². The molecule has 1 aromatic rings. The molecule has 0 spiro atoms. The maximum Gasteiger partial charge on any atom is 0.0582 e. The lowest BCUT2D eigenvalue weighted by Gasteiger charge is -2.20. The van der Waals surface area contributed by atoms with Crippen LogP contribution in [0.2, 0.25) is 0 Å². The summed E-state index contributed by atoms with van der Waals surface area (Å²) >= 11 is 1.81. The van der Waals surface area contributed by atoms with Crippen LogP contribution in [-0.4, -0.2) is 17.8 Å². The molecule has 0 radical (unpaired) electrons. The lowest BCUT2D eigenvalue weighted by molar-refractivity contribution is 0.237. The zero-order valence-corrected chi connectivity index (χ0v) is 9.26. The smallest absolute Gasteiger partial charge is 0.0582 e. The van der Waals surface area contributed by atoms with E-state index in [9.17, 15) is 0 Å². The van der Waals surface area contributed by atoms with E-state index in [2.05, 4.69) is 22.8 Å². The Bertz CT molecular complexity index is 269. The van der Waals surface area contributed by atoms with Gasteiger partial charge in [0.05, 0.1) is 6.61 Å². The highest BCUT2D eigenvalue weighted by molar-refractivity contribution is 7.10. The molecule has 0 amide bonds. The summed E-state index contributed by atoms with van der Waals surface area (Å²) in [5.41, 5.74) is 0. The molecule has 0 bridgehead atoms. The SMILES string of the molecule is CC(CO)NC(c1cccs1)C1CC1. The van der Waals surface area contributed by atoms with Crippen LogP contribution in [-0.2, 0) is 0 Å². The predicted molar refractivity (Wildman–Crippen MR) is 59.5 cm³/mol. The summed E-state index contributed by atoms with van der Waals surface area (Å²) in [5.74, 6) is 0.794. The number of hydrogen-bond donors (Lipinski definition) is 2. The van der Waals surface area contributed by atoms with Gasteiger partial charge in [-0.05, 0) is 37.1 Å². The van der Waals surface area contributed by atoms with Gasteiger partial charge >= 0.3 is 0 Å². The van der Waals surface area contributed by atoms with E-state index in [1.807, 2.05) is 18.3 Å². The van der Waals surface area contributed by atoms with Gasteiger partial charge in [0, 0.05) is 17.0 Å². The lowest BCUT2D eigenvalue weighted by Crippen LogP contribution is -2.33. The van der Waals surface area contributed by atoms with Gasteiger partial charge in [-0.15, -0.1) is 11.3 Å². The van der Waals surface area contributed by atoms with Gasteiger partial charge in [-0.2, -0.15) is 0 Å². The van der Waals surface area contributed by atoms with Crippen LogP contribution in [0.25, 0.3) is 0 Å². The Morgan fingerprint density at radius 1 is 1.64 bits per heavy atom. The first-order valence-corrected chi connectivity index (χ1v) is 6.09. The Morgan fingerprint density at radius 2 is 2.43 bits per heavy atom. The molecule has 0 saturated heterocycles. The largest absolute Gasteiger partial charge is 0.395 e. The summed E-state index contributed by atoms with van der Waals surface area (Å²) in [6.07, 6.45) is 2.65. The molecule has 3 heteroatoms. The van der Waals surface area contributed by atoms with Crippen molar-refractivity contribution < 1.29 is 5.11 Å². The van der Waals surface area contributed by atoms with Gasteiger partial charge in [-0.3, -0.25) is 0 Å². The fraction of sp³-hybridized carbons (Fsp3) is 0.636. The molecule has 1 saturated carbocycles. The molecule has 1 aliphatic carbocycles. The lowest BCUT2D eigenvalue weighted by atomic mass is 10.1. The van der Waals surface area contributed by atoms with Crippen LogP contribution >= 0.6 is 11.3 Å². The number of hydrogen-bond acceptors (Lipinski definition) is 3. The number of aliphatic hydroxyl groups is 1. The van der Waals surface area contributed by atoms with Crippen molar-refractivity contribution in [1.82, 2.24) is 5.32 Å². The van der Waals surface area contributed by atoms with Crippen LogP contribution in [0, 0.1) is 5.92 Å². The van der Waals surface area contributed by atoms with E-state index in [0.29, 0.717) is 6.04 Å². The topological polar surface area (TPSA) is 32.3 Å². The summed E-state index contributed by atoms with van der Waals surface area (Å²) in [5, 5.41) is 14.6. The molecular weight excluding hydrogens is 194 g/mol. The van der Waals surface area contributed by atoms with E-state index in [1.54, 1.807) is 0 Å². The Kier molecular flexibility index (Phi) is 3.21. The van der Waals surface area contributed by atoms with Crippen molar-refractivity contribution in [3.8, 4) is 0 Å². The van der Waals surface area contributed by atoms with Crippen LogP contribution in [0.15, 0.2) is 17.5 Å². The third-order valence-corrected chi connectivity index (χ3v) is 3.64. The van der Waals surface area contributed by atoms with Crippen LogP contribution in [0.4, 0.5) is 0 Å². The van der Waals surface area contributed by atoms with Crippen molar-refractivity contribution in [3.05, 3.63) is 22.4 Å². The molecule has 2 unspecified atom stereocenters. The minimum Gasteiger partial charge on any atom is -0.395 e. The molecular formula is C11H17NOS. The normalized spacial score (nSPS) is 20.7. The van der Waals surface area contributed by atoms with Gasteiger partial charge in [0.15, 0.2) is 0 Å². The van der Waals surface area contributed by atoms with Gasteiger partial charge in [0.2, 0.25) is 0 Å². The van der Waals surface area contributed by atoms with E-state index < -0.39 is 0 Å². The number of thiophene rings is 1. The van der Waals surface area contributed by atoms with Crippen LogP contribution in [0.3, 0.4) is 0 Å². The third-order valence-electron chi connectivity index (χ3n) is 2.68. The average molecular weight is 211 g/mol. The monoisotopic (exact) mass is 211 g/mol. The first kappa shape index (κ1) is 10.1. The van der Waals surface area contributed by atoms with E-state index in [0.717, 1.165) is 5.92 Å². The molecule has 2 rings (SSSR count). The second-order valence-corrected chi connectivity index (χ2v) is 5.06. The first-order chi connectivity index (χ1) is 6.81. The van der Waals surface area contributed by atoms with Gasteiger partial charge < -0.3 is 10.4 Å². The molecule has 2 N–H and O–H groups in total. The molecule has 1 aliphatic rings. The summed E-state index contributed by atoms with van der Waals surface area (Å²) in [6, 6.07) is 4.95. The summed E-state index contributed by atoms with van der Waals surface area (Å²) in [6.45, 7) is 2.25. The summed E-state index contributed by atoms with van der Waals surface area (Å²) in [7, 11) is 0. The van der Waals surface area contributed by atoms with E-state index in [-0.39, 0.29) is 12.6 Å². The summed E-state index contributed by atoms with van der Waals surface area (Å²) < 4.78 is 0. The zero-order valence-electron chi connectivity index (χ0n) is 8.44. The molecule has 0 aromatic carbocycles. The van der Waals surface area contributed by atoms with E-state index >= 15 is 0 Å². The Morgan fingerprint density at radius 3 is 2.93 bits per heavy atom. The maximum absolute atomic E-state index is 9.02. The van der Waals surface area contributed by atoms with E-state index in [1.165, 1.54) is 17.7 Å². The standard InChI is InChI=1S/C11H17NOS/c1-8(7-13)12-11(9-4-5-9)10-3-2-6-14-10/h2-3,6,8-9,11-13H,4-5,7H2,1H3. The minimum absolute atomic E-state index is 0.197. The first-order valence-electron chi connectivity index (χ1n) is 5.21. The molecule has 1 aromatic heterocycles. The van der Waals surface area contributed by atoms with Crippen LogP contribution < -0.4 is 5.32 Å². The van der Waals surface area contributed by atoms with Crippen molar-refractivity contribution in [3.63, 3.8) is 0 Å². The Labute approximate surface area is 89.0 Å². The van der Waals surface area contributed by atoms with Crippen LogP contribution in [0.1, 0.15) is 30.7 Å². The van der Waals surface area contributed by atoms with Crippen molar-refractivity contribution >= 4 is 11.3 Å². The van der Waals surface area contributed by atoms with Gasteiger partial charge in [0.1, 0.15) is 0 Å². The van der Waals surface area contributed by atoms with E-state index in [4.69, 9.17) is 5.11 Å². The number of nitrogens with one attached hydrogen (secondary N) is 1. The van der Waals surface area contributed by atoms with Gasteiger partial charge in [0.25, 0.3) is 0 Å². The fourth-order valence-corrected chi connectivity index (χ4v) is 2.59. The molecule has 0 aliphatic heterocycles. The maximum atomic E-state index is 9.02. The van der Waals surface area contributed by atoms with Gasteiger partial charge in [-0.25, -0.2) is 0 Å². The number of rotatable bonds is 5. The molecule has 2 atom stereocenters. The number of aliphatic hydroxyl groups excluding tert-OH is 1. The van der Waals surface area contributed by atoms with Gasteiger partial charge in [-0.1, -0.05) is 6.07 Å². The minimum atomic E-state index is 0.197. The molecule has 1 heterocycles. The predicted octanol–water partition coefficient (Wildman–Crippen LogP) is 2.17. The zero-order chi connectivity index (χ0) is 9.97. The van der Waals surface area contributed by atoms with Crippen molar-refractivity contribution in [1.29, 1.82) is 0 Å². The third kappa shape index (κ3) is 2.35. The highest BCUT2D eigenvalue weighted by Gasteiger charge is 2.33. The fourth-order valence-electron chi connectivity index (χ4n) is 1.71. The molecule has 1 fully saturated rings. The molecule has 14 heavy (non-hydrogen) atoms. The second-order valence-electron chi connectivity index (χ2n) is 4.08. The average Bonchev–Trinajstić information content (AvgIpc) is 2.89. The Hall–Kier alpha value is -0.380. The Balaban J connectivity index is 2.01. The summed E-state index contributed by atoms with van der Waals surface area (Å²) in [4.78, 5) is 1.41. The van der Waals surface area contributed by atoms with Crippen LogP contribution in [0.5, 0.6) is 0 Å². The quantitative estimate of drug-likeness (QED) is 0.782. The molecule has 2 nitrogen and oxygen atoms in total. The van der Waals surface area contributed by atoms with Crippen molar-refractivity contribution in [2.75, 3.05) is 6.61 Å². The molecule has 78 valence electrons.